The van der Waals surface area contributed by atoms with Gasteiger partial charge in [0.15, 0.2) is 0 Å². The van der Waals surface area contributed by atoms with Gasteiger partial charge < -0.3 is 15.1 Å². The summed E-state index contributed by atoms with van der Waals surface area (Å²) in [7, 11) is 1.66. The van der Waals surface area contributed by atoms with Gasteiger partial charge in [-0.05, 0) is 12.8 Å². The van der Waals surface area contributed by atoms with E-state index >= 15 is 0 Å². The predicted molar refractivity (Wildman–Crippen MR) is 79.2 cm³/mol. The molecule has 0 bridgehead atoms. The minimum Gasteiger partial charge on any atom is -0.396 e. The number of hydrogen-bond acceptors (Lipinski definition) is 4. The van der Waals surface area contributed by atoms with Crippen molar-refractivity contribution >= 4 is 17.5 Å². The fourth-order valence-electron chi connectivity index (χ4n) is 3.06. The summed E-state index contributed by atoms with van der Waals surface area (Å²) in [6.07, 6.45) is 2.93. The summed E-state index contributed by atoms with van der Waals surface area (Å²) in [4.78, 5) is 14.1. The molecule has 7 heteroatoms. The number of aliphatic hydroxyl groups is 2. The van der Waals surface area contributed by atoms with E-state index in [2.05, 4.69) is 5.10 Å². The minimum absolute atomic E-state index is 0.0590. The van der Waals surface area contributed by atoms with Crippen LogP contribution < -0.4 is 0 Å². The van der Waals surface area contributed by atoms with Gasteiger partial charge in [0.25, 0.3) is 5.91 Å². The van der Waals surface area contributed by atoms with Crippen molar-refractivity contribution in [2.45, 2.75) is 32.3 Å². The molecule has 6 nitrogen and oxygen atoms in total. The lowest BCUT2D eigenvalue weighted by atomic mass is 9.73. The monoisotopic (exact) mass is 315 g/mol. The van der Waals surface area contributed by atoms with Gasteiger partial charge in [-0.15, -0.1) is 0 Å². The Bertz CT molecular complexity index is 500. The van der Waals surface area contributed by atoms with Gasteiger partial charge in [-0.2, -0.15) is 5.10 Å². The first-order valence-electron chi connectivity index (χ1n) is 7.21. The number of carbonyl (C=O) groups is 1. The maximum absolute atomic E-state index is 12.5. The maximum Gasteiger partial charge on any atom is 0.273 e. The summed E-state index contributed by atoms with van der Waals surface area (Å²) in [5.41, 5.74) is -0.169. The van der Waals surface area contributed by atoms with Crippen molar-refractivity contribution < 1.29 is 15.0 Å². The molecule has 1 amide bonds. The van der Waals surface area contributed by atoms with Crippen molar-refractivity contribution in [3.05, 3.63) is 16.9 Å². The van der Waals surface area contributed by atoms with Gasteiger partial charge in [0, 0.05) is 25.6 Å². The quantitative estimate of drug-likeness (QED) is 0.871. The lowest BCUT2D eigenvalue weighted by molar-refractivity contribution is -0.0714. The number of halogens is 1. The van der Waals surface area contributed by atoms with Crippen LogP contribution in [0.3, 0.4) is 0 Å². The molecule has 1 aromatic rings. The van der Waals surface area contributed by atoms with Crippen molar-refractivity contribution in [1.29, 1.82) is 0 Å². The number of aliphatic hydroxyl groups excluding tert-OH is 2. The molecule has 0 saturated carbocycles. The zero-order valence-electron chi connectivity index (χ0n) is 12.4. The summed E-state index contributed by atoms with van der Waals surface area (Å²) in [5.74, 6) is -0.234. The normalized spacial score (nSPS) is 26.1. The SMILES string of the molecule is CCC[C@]1(CO)CCN(C(=O)c2c(Cl)cnn2C)C[C@H]1O. The first-order chi connectivity index (χ1) is 9.95. The average Bonchev–Trinajstić information content (AvgIpc) is 2.80. The van der Waals surface area contributed by atoms with Gasteiger partial charge in [-0.3, -0.25) is 9.48 Å². The van der Waals surface area contributed by atoms with Crippen LogP contribution in [0.5, 0.6) is 0 Å². The molecular formula is C14H22ClN3O3. The fraction of sp³-hybridized carbons (Fsp3) is 0.714. The lowest BCUT2D eigenvalue weighted by Gasteiger charge is -2.44. The molecule has 2 heterocycles. The maximum atomic E-state index is 12.5. The third kappa shape index (κ3) is 2.93. The van der Waals surface area contributed by atoms with Crippen LogP contribution in [0.1, 0.15) is 36.7 Å². The summed E-state index contributed by atoms with van der Waals surface area (Å²) < 4.78 is 1.44. The van der Waals surface area contributed by atoms with Crippen LogP contribution in [0.15, 0.2) is 6.20 Å². The zero-order chi connectivity index (χ0) is 15.6. The molecule has 21 heavy (non-hydrogen) atoms. The van der Waals surface area contributed by atoms with E-state index in [0.717, 1.165) is 12.8 Å². The van der Waals surface area contributed by atoms with Crippen LogP contribution in [0.25, 0.3) is 0 Å². The molecule has 1 saturated heterocycles. The van der Waals surface area contributed by atoms with E-state index in [-0.39, 0.29) is 19.1 Å². The fourth-order valence-corrected chi connectivity index (χ4v) is 3.30. The molecule has 2 N–H and O–H groups in total. The number of aryl methyl sites for hydroxylation is 1. The van der Waals surface area contributed by atoms with E-state index < -0.39 is 11.5 Å². The third-order valence-electron chi connectivity index (χ3n) is 4.43. The molecule has 1 aliphatic rings. The summed E-state index contributed by atoms with van der Waals surface area (Å²) in [5, 5.41) is 24.3. The Morgan fingerprint density at radius 1 is 1.62 bits per heavy atom. The van der Waals surface area contributed by atoms with Crippen molar-refractivity contribution in [3.63, 3.8) is 0 Å². The van der Waals surface area contributed by atoms with E-state index in [1.165, 1.54) is 10.9 Å². The number of β-amino-alcohol motifs (C(OH)–C–C–N with tert-alkyl or cyclic N) is 1. The number of rotatable bonds is 4. The van der Waals surface area contributed by atoms with Crippen LogP contribution in [-0.2, 0) is 7.05 Å². The van der Waals surface area contributed by atoms with E-state index in [4.69, 9.17) is 11.6 Å². The average molecular weight is 316 g/mol. The summed E-state index contributed by atoms with van der Waals surface area (Å²) in [6.45, 7) is 2.67. The Kier molecular flexibility index (Phi) is 4.91. The second kappa shape index (κ2) is 6.34. The molecule has 118 valence electrons. The molecule has 0 spiro atoms. The van der Waals surface area contributed by atoms with Crippen LogP contribution in [0.2, 0.25) is 5.02 Å². The highest BCUT2D eigenvalue weighted by molar-refractivity contribution is 6.33. The number of nitrogens with zero attached hydrogens (tertiary/aromatic N) is 3. The van der Waals surface area contributed by atoms with E-state index in [0.29, 0.717) is 23.7 Å². The second-order valence-electron chi connectivity index (χ2n) is 5.75. The van der Waals surface area contributed by atoms with Crippen molar-refractivity contribution in [2.75, 3.05) is 19.7 Å². The molecule has 2 rings (SSSR count). The molecule has 1 fully saturated rings. The van der Waals surface area contributed by atoms with Crippen LogP contribution >= 0.6 is 11.6 Å². The van der Waals surface area contributed by atoms with Gasteiger partial charge in [-0.25, -0.2) is 0 Å². The Morgan fingerprint density at radius 3 is 2.81 bits per heavy atom. The first-order valence-corrected chi connectivity index (χ1v) is 7.58. The number of hydrogen-bond donors (Lipinski definition) is 2. The molecule has 1 aromatic heterocycles. The topological polar surface area (TPSA) is 78.6 Å². The number of aromatic nitrogens is 2. The summed E-state index contributed by atoms with van der Waals surface area (Å²) >= 11 is 6.00. The summed E-state index contributed by atoms with van der Waals surface area (Å²) in [6, 6.07) is 0. The molecular weight excluding hydrogens is 294 g/mol. The highest BCUT2D eigenvalue weighted by Gasteiger charge is 2.42. The molecule has 1 aliphatic heterocycles. The molecule has 0 aromatic carbocycles. The van der Waals surface area contributed by atoms with E-state index in [1.807, 2.05) is 6.92 Å². The molecule has 2 atom stereocenters. The van der Waals surface area contributed by atoms with Crippen LogP contribution in [0, 0.1) is 5.41 Å². The number of piperidine rings is 1. The van der Waals surface area contributed by atoms with Gasteiger partial charge >= 0.3 is 0 Å². The Balaban J connectivity index is 2.14. The Hall–Kier alpha value is -1.11. The third-order valence-corrected chi connectivity index (χ3v) is 4.70. The smallest absolute Gasteiger partial charge is 0.273 e. The number of amides is 1. The van der Waals surface area contributed by atoms with Crippen LogP contribution in [-0.4, -0.2) is 56.6 Å². The number of carbonyl (C=O) groups excluding carboxylic acids is 1. The molecule has 0 radical (unpaired) electrons. The lowest BCUT2D eigenvalue weighted by Crippen LogP contribution is -2.54. The van der Waals surface area contributed by atoms with E-state index in [1.54, 1.807) is 11.9 Å². The highest BCUT2D eigenvalue weighted by Crippen LogP contribution is 2.36. The van der Waals surface area contributed by atoms with Crippen molar-refractivity contribution in [2.24, 2.45) is 12.5 Å². The predicted octanol–water partition coefficient (Wildman–Crippen LogP) is 1.06. The van der Waals surface area contributed by atoms with Crippen molar-refractivity contribution in [3.8, 4) is 0 Å². The van der Waals surface area contributed by atoms with Gasteiger partial charge in [0.05, 0.1) is 23.9 Å². The van der Waals surface area contributed by atoms with Gasteiger partial charge in [-0.1, -0.05) is 24.9 Å². The Labute approximate surface area is 129 Å². The highest BCUT2D eigenvalue weighted by atomic mass is 35.5. The minimum atomic E-state index is -0.729. The van der Waals surface area contributed by atoms with Gasteiger partial charge in [0.1, 0.15) is 5.69 Å². The zero-order valence-corrected chi connectivity index (χ0v) is 13.2. The number of likely N-dealkylation sites (tertiary alicyclic amines) is 1. The first kappa shape index (κ1) is 16.3. The Morgan fingerprint density at radius 2 is 2.33 bits per heavy atom. The van der Waals surface area contributed by atoms with Crippen molar-refractivity contribution in [1.82, 2.24) is 14.7 Å². The largest absolute Gasteiger partial charge is 0.396 e. The van der Waals surface area contributed by atoms with Gasteiger partial charge in [0.2, 0.25) is 0 Å². The van der Waals surface area contributed by atoms with E-state index in [9.17, 15) is 15.0 Å². The van der Waals surface area contributed by atoms with Crippen LogP contribution in [0.4, 0.5) is 0 Å². The second-order valence-corrected chi connectivity index (χ2v) is 6.16. The standard InChI is InChI=1S/C14H22ClN3O3/c1-3-4-14(9-19)5-6-18(8-11(14)20)13(21)12-10(15)7-16-17(12)2/h7,11,19-20H,3-6,8-9H2,1-2H3/t11-,14-/m1/s1. The molecule has 0 unspecified atom stereocenters. The molecule has 0 aliphatic carbocycles.